The first-order chi connectivity index (χ1) is 8.22. The molecule has 0 aromatic carbocycles. The van der Waals surface area contributed by atoms with Gasteiger partial charge in [-0.15, -0.1) is 0 Å². The summed E-state index contributed by atoms with van der Waals surface area (Å²) >= 11 is 1.72. The van der Waals surface area contributed by atoms with Gasteiger partial charge in [0.15, 0.2) is 0 Å². The summed E-state index contributed by atoms with van der Waals surface area (Å²) < 4.78 is 7.12. The molecule has 0 radical (unpaired) electrons. The van der Waals surface area contributed by atoms with E-state index >= 15 is 0 Å². The highest BCUT2D eigenvalue weighted by atomic mass is 32.1. The van der Waals surface area contributed by atoms with Gasteiger partial charge in [0, 0.05) is 20.1 Å². The molecule has 0 spiro atoms. The van der Waals surface area contributed by atoms with Crippen molar-refractivity contribution in [2.45, 2.75) is 20.0 Å². The molecular weight excluding hydrogens is 234 g/mol. The van der Waals surface area contributed by atoms with Gasteiger partial charge in [0.25, 0.3) is 0 Å². The molecule has 0 aliphatic rings. The van der Waals surface area contributed by atoms with Gasteiger partial charge in [0.1, 0.15) is 0 Å². The maximum Gasteiger partial charge on any atom is 0.216 e. The Morgan fingerprint density at radius 3 is 2.94 bits per heavy atom. The molecule has 0 fully saturated rings. The minimum atomic E-state index is 0.776. The van der Waals surface area contributed by atoms with Crippen molar-refractivity contribution in [3.05, 3.63) is 33.6 Å². The third-order valence-electron chi connectivity index (χ3n) is 2.69. The predicted molar refractivity (Wildman–Crippen MR) is 69.4 cm³/mol. The van der Waals surface area contributed by atoms with Crippen molar-refractivity contribution in [2.24, 2.45) is 7.05 Å². The largest absolute Gasteiger partial charge is 0.481 e. The first kappa shape index (κ1) is 12.1. The van der Waals surface area contributed by atoms with Crippen molar-refractivity contribution in [3.63, 3.8) is 0 Å². The summed E-state index contributed by atoms with van der Waals surface area (Å²) in [6.45, 7) is 3.66. The highest BCUT2D eigenvalue weighted by Crippen LogP contribution is 2.20. The second-order valence-electron chi connectivity index (χ2n) is 3.93. The van der Waals surface area contributed by atoms with Crippen LogP contribution in [0.5, 0.6) is 5.88 Å². The van der Waals surface area contributed by atoms with E-state index in [4.69, 9.17) is 4.74 Å². The van der Waals surface area contributed by atoms with Gasteiger partial charge in [0.2, 0.25) is 5.88 Å². The molecule has 92 valence electrons. The summed E-state index contributed by atoms with van der Waals surface area (Å²) in [5.41, 5.74) is 3.46. The molecule has 0 bridgehead atoms. The molecule has 0 aliphatic heterocycles. The number of thiophene rings is 1. The van der Waals surface area contributed by atoms with Crippen LogP contribution in [-0.4, -0.2) is 16.9 Å². The highest BCUT2D eigenvalue weighted by molar-refractivity contribution is 7.07. The molecular formula is C12H17N3OS. The molecule has 0 aliphatic carbocycles. The Morgan fingerprint density at radius 1 is 1.47 bits per heavy atom. The van der Waals surface area contributed by atoms with Gasteiger partial charge < -0.3 is 10.1 Å². The van der Waals surface area contributed by atoms with Crippen LogP contribution in [0.1, 0.15) is 16.8 Å². The lowest BCUT2D eigenvalue weighted by atomic mass is 10.2. The number of ether oxygens (including phenoxy) is 1. The number of nitrogens with zero attached hydrogens (tertiary/aromatic N) is 2. The van der Waals surface area contributed by atoms with E-state index in [1.54, 1.807) is 23.1 Å². The van der Waals surface area contributed by atoms with E-state index in [0.29, 0.717) is 0 Å². The Bertz CT molecular complexity index is 476. The molecule has 2 rings (SSSR count). The number of nitrogens with one attached hydrogen (secondary N) is 1. The van der Waals surface area contributed by atoms with Crippen LogP contribution in [-0.2, 0) is 20.1 Å². The highest BCUT2D eigenvalue weighted by Gasteiger charge is 2.12. The molecule has 1 N–H and O–H groups in total. The summed E-state index contributed by atoms with van der Waals surface area (Å²) in [6.07, 6.45) is 0. The Morgan fingerprint density at radius 2 is 2.29 bits per heavy atom. The minimum Gasteiger partial charge on any atom is -0.481 e. The van der Waals surface area contributed by atoms with E-state index in [-0.39, 0.29) is 0 Å². The molecule has 2 aromatic heterocycles. The van der Waals surface area contributed by atoms with Gasteiger partial charge in [0.05, 0.1) is 18.4 Å². The van der Waals surface area contributed by atoms with Crippen molar-refractivity contribution >= 4 is 11.3 Å². The van der Waals surface area contributed by atoms with Crippen molar-refractivity contribution in [3.8, 4) is 5.88 Å². The van der Waals surface area contributed by atoms with E-state index in [9.17, 15) is 0 Å². The zero-order valence-electron chi connectivity index (χ0n) is 10.4. The maximum atomic E-state index is 5.35. The molecule has 2 aromatic rings. The fourth-order valence-electron chi connectivity index (χ4n) is 1.86. The second-order valence-corrected chi connectivity index (χ2v) is 4.71. The fourth-order valence-corrected chi connectivity index (χ4v) is 2.53. The van der Waals surface area contributed by atoms with Crippen LogP contribution in [0.3, 0.4) is 0 Å². The SMILES string of the molecule is COc1c(CNCc2ccsc2)c(C)nn1C. The lowest BCUT2D eigenvalue weighted by Crippen LogP contribution is -2.13. The smallest absolute Gasteiger partial charge is 0.216 e. The van der Waals surface area contributed by atoms with Gasteiger partial charge in [-0.2, -0.15) is 16.4 Å². The van der Waals surface area contributed by atoms with Gasteiger partial charge in [-0.3, -0.25) is 0 Å². The normalized spacial score (nSPS) is 10.8. The first-order valence-corrected chi connectivity index (χ1v) is 6.45. The molecule has 5 heteroatoms. The van der Waals surface area contributed by atoms with E-state index in [1.165, 1.54) is 5.56 Å². The Hall–Kier alpha value is -1.33. The number of hydrogen-bond donors (Lipinski definition) is 1. The molecule has 0 saturated carbocycles. The van der Waals surface area contributed by atoms with E-state index in [2.05, 4.69) is 27.2 Å². The van der Waals surface area contributed by atoms with E-state index in [0.717, 1.165) is 30.2 Å². The second kappa shape index (κ2) is 5.33. The summed E-state index contributed by atoms with van der Waals surface area (Å²) in [5, 5.41) is 12.0. The van der Waals surface area contributed by atoms with Crippen LogP contribution in [0.25, 0.3) is 0 Å². The Labute approximate surface area is 105 Å². The number of methoxy groups -OCH3 is 1. The summed E-state index contributed by atoms with van der Waals surface area (Å²) in [7, 11) is 3.58. The quantitative estimate of drug-likeness (QED) is 0.884. The third kappa shape index (κ3) is 2.68. The lowest BCUT2D eigenvalue weighted by molar-refractivity contribution is 0.368. The standard InChI is InChI=1S/C12H17N3OS/c1-9-11(12(16-3)15(2)14-9)7-13-6-10-4-5-17-8-10/h4-5,8,13H,6-7H2,1-3H3. The van der Waals surface area contributed by atoms with Gasteiger partial charge in [-0.05, 0) is 29.3 Å². The first-order valence-electron chi connectivity index (χ1n) is 5.50. The average Bonchev–Trinajstić information content (AvgIpc) is 2.88. The third-order valence-corrected chi connectivity index (χ3v) is 3.43. The fraction of sp³-hybridized carbons (Fsp3) is 0.417. The van der Waals surface area contributed by atoms with Crippen molar-refractivity contribution in [1.82, 2.24) is 15.1 Å². The topological polar surface area (TPSA) is 39.1 Å². The van der Waals surface area contributed by atoms with Gasteiger partial charge >= 0.3 is 0 Å². The Balaban J connectivity index is 1.99. The van der Waals surface area contributed by atoms with Gasteiger partial charge in [-0.1, -0.05) is 0 Å². The summed E-state index contributed by atoms with van der Waals surface area (Å²) in [6, 6.07) is 2.13. The van der Waals surface area contributed by atoms with Crippen LogP contribution in [0.15, 0.2) is 16.8 Å². The molecule has 17 heavy (non-hydrogen) atoms. The summed E-state index contributed by atoms with van der Waals surface area (Å²) in [5.74, 6) is 0.834. The molecule has 0 amide bonds. The summed E-state index contributed by atoms with van der Waals surface area (Å²) in [4.78, 5) is 0. The average molecular weight is 251 g/mol. The predicted octanol–water partition coefficient (Wildman–Crippen LogP) is 2.09. The molecule has 4 nitrogen and oxygen atoms in total. The number of aryl methyl sites for hydroxylation is 2. The van der Waals surface area contributed by atoms with Crippen LogP contribution >= 0.6 is 11.3 Å². The molecule has 2 heterocycles. The lowest BCUT2D eigenvalue weighted by Gasteiger charge is -2.06. The molecule has 0 saturated heterocycles. The van der Waals surface area contributed by atoms with Crippen LogP contribution in [0.2, 0.25) is 0 Å². The van der Waals surface area contributed by atoms with Crippen molar-refractivity contribution in [1.29, 1.82) is 0 Å². The van der Waals surface area contributed by atoms with Gasteiger partial charge in [-0.25, -0.2) is 4.68 Å². The number of rotatable bonds is 5. The van der Waals surface area contributed by atoms with E-state index < -0.39 is 0 Å². The maximum absolute atomic E-state index is 5.35. The van der Waals surface area contributed by atoms with Crippen molar-refractivity contribution in [2.75, 3.05) is 7.11 Å². The molecule has 0 unspecified atom stereocenters. The van der Waals surface area contributed by atoms with E-state index in [1.807, 2.05) is 14.0 Å². The zero-order chi connectivity index (χ0) is 12.3. The number of aromatic nitrogens is 2. The number of hydrogen-bond acceptors (Lipinski definition) is 4. The Kier molecular flexibility index (Phi) is 3.81. The monoisotopic (exact) mass is 251 g/mol. The van der Waals surface area contributed by atoms with Crippen LogP contribution in [0, 0.1) is 6.92 Å². The molecule has 0 atom stereocenters. The zero-order valence-corrected chi connectivity index (χ0v) is 11.2. The van der Waals surface area contributed by atoms with Crippen LogP contribution < -0.4 is 10.1 Å². The van der Waals surface area contributed by atoms with Crippen LogP contribution in [0.4, 0.5) is 0 Å². The minimum absolute atomic E-state index is 0.776. The van der Waals surface area contributed by atoms with Crippen molar-refractivity contribution < 1.29 is 4.74 Å².